The molecule has 22 heavy (non-hydrogen) atoms. The summed E-state index contributed by atoms with van der Waals surface area (Å²) in [5, 5.41) is 12.5. The molecule has 0 heterocycles. The van der Waals surface area contributed by atoms with Crippen LogP contribution in [0.15, 0.2) is 30.3 Å². The van der Waals surface area contributed by atoms with E-state index >= 15 is 0 Å². The molecule has 0 saturated carbocycles. The van der Waals surface area contributed by atoms with Crippen molar-refractivity contribution >= 4 is 11.5 Å². The number of benzene rings is 2. The van der Waals surface area contributed by atoms with Crippen LogP contribution in [0.25, 0.3) is 0 Å². The van der Waals surface area contributed by atoms with Crippen molar-refractivity contribution in [3.63, 3.8) is 0 Å². The van der Waals surface area contributed by atoms with Crippen LogP contribution in [0.1, 0.15) is 45.1 Å². The van der Waals surface area contributed by atoms with Crippen molar-refractivity contribution in [2.45, 2.75) is 34.2 Å². The number of Topliss-reactive ketones (excluding diaryl/α,β-unsaturated/α-hetero) is 1. The first-order valence-electron chi connectivity index (χ1n) is 7.28. The average molecular weight is 292 g/mol. The zero-order valence-corrected chi connectivity index (χ0v) is 13.4. The number of hydrogen-bond acceptors (Lipinski definition) is 3. The molecule has 0 aliphatic heterocycles. The number of ketones is 1. The van der Waals surface area contributed by atoms with E-state index in [0.29, 0.717) is 23.4 Å². The maximum Gasteiger partial charge on any atom is 0.159 e. The van der Waals surface area contributed by atoms with Gasteiger partial charge in [0.1, 0.15) is 6.07 Å². The van der Waals surface area contributed by atoms with E-state index in [1.165, 1.54) is 29.2 Å². The minimum absolute atomic E-state index is 0.00441. The van der Waals surface area contributed by atoms with E-state index < -0.39 is 0 Å². The van der Waals surface area contributed by atoms with Crippen molar-refractivity contribution < 1.29 is 4.79 Å². The topological polar surface area (TPSA) is 52.9 Å². The van der Waals surface area contributed by atoms with Crippen LogP contribution >= 0.6 is 0 Å². The number of anilines is 1. The van der Waals surface area contributed by atoms with Gasteiger partial charge in [-0.2, -0.15) is 5.26 Å². The van der Waals surface area contributed by atoms with E-state index in [4.69, 9.17) is 0 Å². The molecule has 0 spiro atoms. The Balaban J connectivity index is 2.30. The lowest BCUT2D eigenvalue weighted by Crippen LogP contribution is -2.06. The molecule has 2 rings (SSSR count). The Morgan fingerprint density at radius 1 is 1.14 bits per heavy atom. The summed E-state index contributed by atoms with van der Waals surface area (Å²) in [6.45, 7) is 8.43. The Kier molecular flexibility index (Phi) is 4.62. The van der Waals surface area contributed by atoms with Crippen LogP contribution in [0.4, 0.5) is 5.69 Å². The van der Waals surface area contributed by atoms with E-state index in [2.05, 4.69) is 44.3 Å². The van der Waals surface area contributed by atoms with Gasteiger partial charge in [-0.3, -0.25) is 4.79 Å². The summed E-state index contributed by atoms with van der Waals surface area (Å²) in [4.78, 5) is 11.5. The second kappa shape index (κ2) is 6.44. The fourth-order valence-corrected chi connectivity index (χ4v) is 2.68. The van der Waals surface area contributed by atoms with Crippen molar-refractivity contribution in [3.8, 4) is 6.07 Å². The van der Waals surface area contributed by atoms with Gasteiger partial charge in [0.15, 0.2) is 5.78 Å². The van der Waals surface area contributed by atoms with Gasteiger partial charge in [0.25, 0.3) is 0 Å². The van der Waals surface area contributed by atoms with Gasteiger partial charge in [-0.1, -0.05) is 17.7 Å². The monoisotopic (exact) mass is 292 g/mol. The van der Waals surface area contributed by atoms with E-state index in [9.17, 15) is 10.1 Å². The van der Waals surface area contributed by atoms with Gasteiger partial charge in [-0.15, -0.1) is 0 Å². The number of carbonyl (C=O) groups excluding carboxylic acids is 1. The Hall–Kier alpha value is -2.60. The first-order chi connectivity index (χ1) is 10.4. The van der Waals surface area contributed by atoms with Gasteiger partial charge < -0.3 is 5.32 Å². The molecule has 0 bridgehead atoms. The molecule has 0 aliphatic carbocycles. The third kappa shape index (κ3) is 3.35. The van der Waals surface area contributed by atoms with Crippen LogP contribution in [0, 0.1) is 32.1 Å². The lowest BCUT2D eigenvalue weighted by Gasteiger charge is -2.14. The smallest absolute Gasteiger partial charge is 0.159 e. The van der Waals surface area contributed by atoms with Crippen LogP contribution in [0.3, 0.4) is 0 Å². The van der Waals surface area contributed by atoms with Crippen LogP contribution in [-0.2, 0) is 6.54 Å². The molecule has 0 amide bonds. The molecular formula is C19H20N2O. The van der Waals surface area contributed by atoms with Crippen molar-refractivity contribution in [2.24, 2.45) is 0 Å². The van der Waals surface area contributed by atoms with Crippen molar-refractivity contribution in [3.05, 3.63) is 63.7 Å². The minimum atomic E-state index is -0.00441. The number of nitrogens with zero attached hydrogens (tertiary/aromatic N) is 1. The number of carbonyl (C=O) groups is 1. The third-order valence-electron chi connectivity index (χ3n) is 3.84. The number of aryl methyl sites for hydroxylation is 3. The van der Waals surface area contributed by atoms with E-state index in [0.717, 1.165) is 0 Å². The second-order valence-corrected chi connectivity index (χ2v) is 5.66. The highest BCUT2D eigenvalue weighted by Crippen LogP contribution is 2.21. The van der Waals surface area contributed by atoms with Crippen LogP contribution in [-0.4, -0.2) is 5.78 Å². The summed E-state index contributed by atoms with van der Waals surface area (Å²) in [5.74, 6) is -0.00441. The Labute approximate surface area is 131 Å². The number of rotatable bonds is 4. The number of hydrogen-bond donors (Lipinski definition) is 1. The first kappa shape index (κ1) is 15.8. The van der Waals surface area contributed by atoms with Gasteiger partial charge in [0, 0.05) is 12.1 Å². The molecule has 2 aromatic carbocycles. The Morgan fingerprint density at radius 2 is 1.77 bits per heavy atom. The molecule has 0 atom stereocenters. The molecule has 0 aliphatic rings. The predicted octanol–water partition coefficient (Wildman–Crippen LogP) is 4.30. The van der Waals surface area contributed by atoms with Crippen molar-refractivity contribution in [1.29, 1.82) is 5.26 Å². The maximum absolute atomic E-state index is 11.5. The van der Waals surface area contributed by atoms with E-state index in [-0.39, 0.29) is 5.78 Å². The van der Waals surface area contributed by atoms with Crippen molar-refractivity contribution in [2.75, 3.05) is 5.32 Å². The Morgan fingerprint density at radius 3 is 2.32 bits per heavy atom. The van der Waals surface area contributed by atoms with Crippen LogP contribution < -0.4 is 5.32 Å². The zero-order chi connectivity index (χ0) is 16.3. The minimum Gasteiger partial charge on any atom is -0.380 e. The first-order valence-corrected chi connectivity index (χ1v) is 7.28. The van der Waals surface area contributed by atoms with E-state index in [1.54, 1.807) is 18.2 Å². The van der Waals surface area contributed by atoms with Gasteiger partial charge >= 0.3 is 0 Å². The summed E-state index contributed by atoms with van der Waals surface area (Å²) in [6, 6.07) is 11.6. The van der Waals surface area contributed by atoms with Crippen molar-refractivity contribution in [1.82, 2.24) is 0 Å². The van der Waals surface area contributed by atoms with Crippen LogP contribution in [0.2, 0.25) is 0 Å². The normalized spacial score (nSPS) is 10.1. The number of nitrogens with one attached hydrogen (secondary N) is 1. The maximum atomic E-state index is 11.5. The number of nitriles is 1. The highest BCUT2D eigenvalue weighted by atomic mass is 16.1. The summed E-state index contributed by atoms with van der Waals surface area (Å²) in [7, 11) is 0. The van der Waals surface area contributed by atoms with Gasteiger partial charge in [-0.05, 0) is 62.6 Å². The summed E-state index contributed by atoms with van der Waals surface area (Å²) in [6.07, 6.45) is 0. The molecule has 0 aromatic heterocycles. The van der Waals surface area contributed by atoms with Crippen LogP contribution in [0.5, 0.6) is 0 Å². The third-order valence-corrected chi connectivity index (χ3v) is 3.84. The summed E-state index contributed by atoms with van der Waals surface area (Å²) < 4.78 is 0. The fraction of sp³-hybridized carbons (Fsp3) is 0.263. The standard InChI is InChI=1S/C19H20N2O/c1-12-7-13(2)18(14(3)8-12)11-21-19-9-16(15(4)22)5-6-17(19)10-20/h5-9,21H,11H2,1-4H3. The molecule has 2 aromatic rings. The molecule has 0 saturated heterocycles. The van der Waals surface area contributed by atoms with Gasteiger partial charge in [-0.25, -0.2) is 0 Å². The van der Waals surface area contributed by atoms with Gasteiger partial charge in [0.05, 0.1) is 11.3 Å². The van der Waals surface area contributed by atoms with Gasteiger partial charge in [0.2, 0.25) is 0 Å². The molecule has 0 unspecified atom stereocenters. The zero-order valence-electron chi connectivity index (χ0n) is 13.4. The predicted molar refractivity (Wildman–Crippen MR) is 89.1 cm³/mol. The summed E-state index contributed by atoms with van der Waals surface area (Å²) in [5.41, 5.74) is 6.79. The highest BCUT2D eigenvalue weighted by molar-refractivity contribution is 5.95. The molecule has 1 N–H and O–H groups in total. The largest absolute Gasteiger partial charge is 0.380 e. The van der Waals surface area contributed by atoms with E-state index in [1.807, 2.05) is 0 Å². The lowest BCUT2D eigenvalue weighted by atomic mass is 9.99. The fourth-order valence-electron chi connectivity index (χ4n) is 2.68. The Bertz CT molecular complexity index is 746. The lowest BCUT2D eigenvalue weighted by molar-refractivity contribution is 0.101. The molecule has 3 nitrogen and oxygen atoms in total. The SMILES string of the molecule is CC(=O)c1ccc(C#N)c(NCc2c(C)cc(C)cc2C)c1. The molecule has 0 fully saturated rings. The molecule has 3 heteroatoms. The average Bonchev–Trinajstić information content (AvgIpc) is 2.45. The quantitative estimate of drug-likeness (QED) is 0.855. The molecule has 112 valence electrons. The summed E-state index contributed by atoms with van der Waals surface area (Å²) >= 11 is 0. The molecular weight excluding hydrogens is 272 g/mol. The second-order valence-electron chi connectivity index (χ2n) is 5.66. The highest BCUT2D eigenvalue weighted by Gasteiger charge is 2.08. The molecule has 0 radical (unpaired) electrons.